The standard InChI is InChI=1S/C20H20FN3/c1-3-13-4-5-14(11-17(13)20(22)23)16-8-9-24-19(16)15-6-7-18(21)12(2)10-15/h3-11,19-20H,1,22-23H2,2H3. The number of aryl methyl sites for hydroxylation is 1. The van der Waals surface area contributed by atoms with Gasteiger partial charge < -0.3 is 11.5 Å². The lowest BCUT2D eigenvalue weighted by Crippen LogP contribution is -2.21. The van der Waals surface area contributed by atoms with Crippen LogP contribution in [0.15, 0.2) is 54.0 Å². The molecule has 1 aliphatic rings. The first-order valence-electron chi connectivity index (χ1n) is 7.78. The molecule has 122 valence electrons. The third-order valence-corrected chi connectivity index (χ3v) is 4.28. The summed E-state index contributed by atoms with van der Waals surface area (Å²) < 4.78 is 13.5. The van der Waals surface area contributed by atoms with Crippen LogP contribution in [-0.2, 0) is 0 Å². The highest BCUT2D eigenvalue weighted by Crippen LogP contribution is 2.37. The summed E-state index contributed by atoms with van der Waals surface area (Å²) in [6.07, 6.45) is 4.92. The molecule has 0 saturated carbocycles. The summed E-state index contributed by atoms with van der Waals surface area (Å²) in [7, 11) is 0. The van der Waals surface area contributed by atoms with E-state index in [9.17, 15) is 4.39 Å². The summed E-state index contributed by atoms with van der Waals surface area (Å²) in [5.41, 5.74) is 17.1. The SMILES string of the molecule is C=Cc1ccc(C2=CC=NC2c2ccc(F)c(C)c2)cc1C(N)N. The van der Waals surface area contributed by atoms with Crippen LogP contribution in [-0.4, -0.2) is 6.21 Å². The molecule has 0 radical (unpaired) electrons. The topological polar surface area (TPSA) is 64.4 Å². The average molecular weight is 321 g/mol. The summed E-state index contributed by atoms with van der Waals surface area (Å²) in [6, 6.07) is 10.9. The van der Waals surface area contributed by atoms with E-state index in [4.69, 9.17) is 11.5 Å². The van der Waals surface area contributed by atoms with Crippen LogP contribution in [0.4, 0.5) is 4.39 Å². The zero-order valence-corrected chi connectivity index (χ0v) is 13.5. The van der Waals surface area contributed by atoms with Crippen LogP contribution in [0.5, 0.6) is 0 Å². The van der Waals surface area contributed by atoms with E-state index in [0.29, 0.717) is 5.56 Å². The molecule has 3 rings (SSSR count). The Labute approximate surface area is 141 Å². The molecule has 2 aromatic carbocycles. The van der Waals surface area contributed by atoms with E-state index in [1.54, 1.807) is 25.3 Å². The third-order valence-electron chi connectivity index (χ3n) is 4.28. The van der Waals surface area contributed by atoms with Gasteiger partial charge in [-0.05, 0) is 58.5 Å². The number of allylic oxidation sites excluding steroid dienone is 1. The summed E-state index contributed by atoms with van der Waals surface area (Å²) in [6.45, 7) is 5.55. The van der Waals surface area contributed by atoms with Crippen LogP contribution in [0.3, 0.4) is 0 Å². The molecule has 0 aliphatic carbocycles. The lowest BCUT2D eigenvalue weighted by Gasteiger charge is -2.17. The van der Waals surface area contributed by atoms with Crippen molar-refractivity contribution in [2.75, 3.05) is 0 Å². The zero-order valence-electron chi connectivity index (χ0n) is 13.5. The molecule has 0 saturated heterocycles. The van der Waals surface area contributed by atoms with Crippen LogP contribution in [0.25, 0.3) is 11.6 Å². The minimum absolute atomic E-state index is 0.152. The van der Waals surface area contributed by atoms with Gasteiger partial charge in [0.2, 0.25) is 0 Å². The van der Waals surface area contributed by atoms with Crippen LogP contribution < -0.4 is 11.5 Å². The summed E-state index contributed by atoms with van der Waals surface area (Å²) in [5.74, 6) is -0.210. The fraction of sp³-hybridized carbons (Fsp3) is 0.150. The van der Waals surface area contributed by atoms with E-state index in [0.717, 1.165) is 27.8 Å². The number of aliphatic imine (C=N–C) groups is 1. The Morgan fingerprint density at radius 2 is 2.00 bits per heavy atom. The second-order valence-electron chi connectivity index (χ2n) is 5.90. The minimum atomic E-state index is -0.576. The maximum absolute atomic E-state index is 13.5. The lowest BCUT2D eigenvalue weighted by atomic mass is 9.91. The number of halogens is 1. The van der Waals surface area contributed by atoms with Crippen LogP contribution in [0, 0.1) is 12.7 Å². The lowest BCUT2D eigenvalue weighted by molar-refractivity contribution is 0.617. The maximum atomic E-state index is 13.5. The number of nitrogens with two attached hydrogens (primary N) is 2. The van der Waals surface area contributed by atoms with Crippen molar-refractivity contribution < 1.29 is 4.39 Å². The molecule has 2 aromatic rings. The number of benzene rings is 2. The Morgan fingerprint density at radius 3 is 2.67 bits per heavy atom. The van der Waals surface area contributed by atoms with Crippen LogP contribution in [0.2, 0.25) is 0 Å². The molecule has 1 heterocycles. The summed E-state index contributed by atoms with van der Waals surface area (Å²) in [5, 5.41) is 0. The normalized spacial score (nSPS) is 16.5. The van der Waals surface area contributed by atoms with E-state index in [2.05, 4.69) is 11.6 Å². The molecule has 4 N–H and O–H groups in total. The molecule has 0 amide bonds. The van der Waals surface area contributed by atoms with Crippen LogP contribution in [0.1, 0.15) is 40.0 Å². The Balaban J connectivity index is 2.01. The molecule has 0 bridgehead atoms. The molecule has 0 aromatic heterocycles. The molecular formula is C20H20FN3. The smallest absolute Gasteiger partial charge is 0.126 e. The van der Waals surface area contributed by atoms with Gasteiger partial charge in [-0.15, -0.1) is 0 Å². The Morgan fingerprint density at radius 1 is 1.21 bits per heavy atom. The van der Waals surface area contributed by atoms with Gasteiger partial charge in [0.1, 0.15) is 11.9 Å². The monoisotopic (exact) mass is 321 g/mol. The predicted molar refractivity (Wildman–Crippen MR) is 98.0 cm³/mol. The van der Waals surface area contributed by atoms with Gasteiger partial charge in [-0.3, -0.25) is 4.99 Å². The number of nitrogens with zero attached hydrogens (tertiary/aromatic N) is 1. The van der Waals surface area contributed by atoms with Gasteiger partial charge in [-0.25, -0.2) is 4.39 Å². The Bertz CT molecular complexity index is 850. The van der Waals surface area contributed by atoms with Gasteiger partial charge in [0, 0.05) is 6.21 Å². The quantitative estimate of drug-likeness (QED) is 0.839. The average Bonchev–Trinajstić information content (AvgIpc) is 3.06. The van der Waals surface area contributed by atoms with Crippen molar-refractivity contribution in [2.45, 2.75) is 19.1 Å². The van der Waals surface area contributed by atoms with Gasteiger partial charge in [0.15, 0.2) is 0 Å². The number of hydrogen-bond donors (Lipinski definition) is 2. The Hall–Kier alpha value is -2.56. The molecule has 3 nitrogen and oxygen atoms in total. The van der Waals surface area contributed by atoms with Crippen molar-refractivity contribution in [3.63, 3.8) is 0 Å². The van der Waals surface area contributed by atoms with E-state index >= 15 is 0 Å². The summed E-state index contributed by atoms with van der Waals surface area (Å²) in [4.78, 5) is 4.53. The predicted octanol–water partition coefficient (Wildman–Crippen LogP) is 3.90. The zero-order chi connectivity index (χ0) is 17.3. The first kappa shape index (κ1) is 16.3. The molecule has 1 aliphatic heterocycles. The molecule has 0 spiro atoms. The van der Waals surface area contributed by atoms with Crippen molar-refractivity contribution in [1.82, 2.24) is 0 Å². The van der Waals surface area contributed by atoms with Gasteiger partial charge in [-0.2, -0.15) is 0 Å². The van der Waals surface area contributed by atoms with Crippen molar-refractivity contribution >= 4 is 17.9 Å². The van der Waals surface area contributed by atoms with E-state index in [1.165, 1.54) is 6.07 Å². The van der Waals surface area contributed by atoms with Crippen LogP contribution >= 0.6 is 0 Å². The van der Waals surface area contributed by atoms with Gasteiger partial charge >= 0.3 is 0 Å². The van der Waals surface area contributed by atoms with E-state index < -0.39 is 6.17 Å². The molecule has 24 heavy (non-hydrogen) atoms. The first-order valence-corrected chi connectivity index (χ1v) is 7.78. The molecule has 1 unspecified atom stereocenters. The molecule has 0 fully saturated rings. The Kier molecular flexibility index (Phi) is 4.42. The highest BCUT2D eigenvalue weighted by Gasteiger charge is 2.21. The second kappa shape index (κ2) is 6.51. The third kappa shape index (κ3) is 2.94. The fourth-order valence-electron chi connectivity index (χ4n) is 2.97. The van der Waals surface area contributed by atoms with Gasteiger partial charge in [0.05, 0.1) is 6.17 Å². The van der Waals surface area contributed by atoms with E-state index in [-0.39, 0.29) is 11.9 Å². The second-order valence-corrected chi connectivity index (χ2v) is 5.90. The molecular weight excluding hydrogens is 301 g/mol. The van der Waals surface area contributed by atoms with Crippen molar-refractivity contribution in [3.05, 3.63) is 82.7 Å². The number of hydrogen-bond acceptors (Lipinski definition) is 3. The largest absolute Gasteiger partial charge is 0.312 e. The summed E-state index contributed by atoms with van der Waals surface area (Å²) >= 11 is 0. The van der Waals surface area contributed by atoms with Gasteiger partial charge in [-0.1, -0.05) is 36.9 Å². The van der Waals surface area contributed by atoms with Crippen molar-refractivity contribution in [2.24, 2.45) is 16.5 Å². The van der Waals surface area contributed by atoms with E-state index in [1.807, 2.05) is 30.3 Å². The highest BCUT2D eigenvalue weighted by atomic mass is 19.1. The molecule has 4 heteroatoms. The maximum Gasteiger partial charge on any atom is 0.126 e. The molecule has 1 atom stereocenters. The highest BCUT2D eigenvalue weighted by molar-refractivity contribution is 5.92. The number of rotatable bonds is 4. The minimum Gasteiger partial charge on any atom is -0.312 e. The first-order chi connectivity index (χ1) is 11.5. The van der Waals surface area contributed by atoms with Crippen molar-refractivity contribution in [1.29, 1.82) is 0 Å². The van der Waals surface area contributed by atoms with Gasteiger partial charge in [0.25, 0.3) is 0 Å². The fourth-order valence-corrected chi connectivity index (χ4v) is 2.97. The van der Waals surface area contributed by atoms with Crippen molar-refractivity contribution in [3.8, 4) is 0 Å².